The molecule has 0 radical (unpaired) electrons. The quantitative estimate of drug-likeness (QED) is 0.581. The van der Waals surface area contributed by atoms with E-state index in [9.17, 15) is 4.79 Å². The summed E-state index contributed by atoms with van der Waals surface area (Å²) in [4.78, 5) is 11.4. The molecule has 1 aromatic heterocycles. The average molecular weight is 213 g/mol. The van der Waals surface area contributed by atoms with Gasteiger partial charge in [-0.05, 0) is 29.8 Å². The minimum Gasteiger partial charge on any atom is -0.465 e. The molecule has 1 aromatic carbocycles. The van der Waals surface area contributed by atoms with Gasteiger partial charge >= 0.3 is 5.97 Å². The SMILES string of the molecule is COC(=O)c1ccc2c(c1)Cn1cccc1-2. The number of carbonyl (C=O) groups is 1. The summed E-state index contributed by atoms with van der Waals surface area (Å²) in [6, 6.07) is 9.83. The number of nitrogens with zero attached hydrogens (tertiary/aromatic N) is 1. The van der Waals surface area contributed by atoms with E-state index in [1.807, 2.05) is 30.5 Å². The Morgan fingerprint density at radius 1 is 1.38 bits per heavy atom. The van der Waals surface area contributed by atoms with Gasteiger partial charge in [-0.1, -0.05) is 6.07 Å². The highest BCUT2D eigenvalue weighted by molar-refractivity contribution is 5.90. The Kier molecular flexibility index (Phi) is 1.86. The maximum Gasteiger partial charge on any atom is 0.337 e. The van der Waals surface area contributed by atoms with Crippen molar-refractivity contribution in [3.63, 3.8) is 0 Å². The highest BCUT2D eigenvalue weighted by Gasteiger charge is 2.18. The van der Waals surface area contributed by atoms with E-state index in [-0.39, 0.29) is 5.97 Å². The van der Waals surface area contributed by atoms with Crippen LogP contribution >= 0.6 is 0 Å². The maximum atomic E-state index is 11.4. The number of aromatic nitrogens is 1. The van der Waals surface area contributed by atoms with Crippen LogP contribution in [0.4, 0.5) is 0 Å². The molecule has 0 fully saturated rings. The van der Waals surface area contributed by atoms with E-state index in [1.165, 1.54) is 23.9 Å². The lowest BCUT2D eigenvalue weighted by atomic mass is 10.0. The van der Waals surface area contributed by atoms with Gasteiger partial charge in [0.2, 0.25) is 0 Å². The first-order valence-corrected chi connectivity index (χ1v) is 5.16. The van der Waals surface area contributed by atoms with Crippen LogP contribution in [-0.4, -0.2) is 17.6 Å². The van der Waals surface area contributed by atoms with Crippen molar-refractivity contribution < 1.29 is 9.53 Å². The lowest BCUT2D eigenvalue weighted by Crippen LogP contribution is -2.01. The van der Waals surface area contributed by atoms with Crippen LogP contribution in [0, 0.1) is 0 Å². The number of ether oxygens (including phenoxy) is 1. The molecule has 1 aliphatic heterocycles. The van der Waals surface area contributed by atoms with Crippen LogP contribution in [0.2, 0.25) is 0 Å². The lowest BCUT2D eigenvalue weighted by Gasteiger charge is -2.02. The number of fused-ring (bicyclic) bond motifs is 3. The molecule has 3 rings (SSSR count). The van der Waals surface area contributed by atoms with E-state index in [4.69, 9.17) is 4.74 Å². The van der Waals surface area contributed by atoms with E-state index < -0.39 is 0 Å². The first kappa shape index (κ1) is 9.21. The molecule has 0 bridgehead atoms. The van der Waals surface area contributed by atoms with Gasteiger partial charge in [0.15, 0.2) is 0 Å². The molecule has 0 saturated heterocycles. The van der Waals surface area contributed by atoms with Gasteiger partial charge in [-0.25, -0.2) is 4.79 Å². The Labute approximate surface area is 93.3 Å². The Balaban J connectivity index is 2.09. The zero-order valence-corrected chi connectivity index (χ0v) is 8.93. The second-order valence-corrected chi connectivity index (χ2v) is 3.88. The molecule has 0 atom stereocenters. The molecule has 80 valence electrons. The van der Waals surface area contributed by atoms with Crippen LogP contribution in [0.3, 0.4) is 0 Å². The first-order valence-electron chi connectivity index (χ1n) is 5.16. The van der Waals surface area contributed by atoms with Gasteiger partial charge in [0.1, 0.15) is 0 Å². The van der Waals surface area contributed by atoms with Crippen LogP contribution in [0.15, 0.2) is 36.5 Å². The molecular weight excluding hydrogens is 202 g/mol. The van der Waals surface area contributed by atoms with Crippen molar-refractivity contribution in [3.8, 4) is 11.3 Å². The molecule has 2 aromatic rings. The molecule has 3 heteroatoms. The number of methoxy groups -OCH3 is 1. The fourth-order valence-electron chi connectivity index (χ4n) is 2.20. The Hall–Kier alpha value is -2.03. The van der Waals surface area contributed by atoms with Crippen molar-refractivity contribution in [2.45, 2.75) is 6.54 Å². The van der Waals surface area contributed by atoms with Gasteiger partial charge in [-0.2, -0.15) is 0 Å². The fraction of sp³-hybridized carbons (Fsp3) is 0.154. The van der Waals surface area contributed by atoms with Crippen LogP contribution in [0.5, 0.6) is 0 Å². The first-order chi connectivity index (χ1) is 7.79. The summed E-state index contributed by atoms with van der Waals surface area (Å²) in [5.74, 6) is -0.278. The Morgan fingerprint density at radius 2 is 2.25 bits per heavy atom. The third-order valence-electron chi connectivity index (χ3n) is 2.97. The number of esters is 1. The number of rotatable bonds is 1. The van der Waals surface area contributed by atoms with Gasteiger partial charge in [0.05, 0.1) is 12.7 Å². The molecule has 0 N–H and O–H groups in total. The number of hydrogen-bond acceptors (Lipinski definition) is 2. The zero-order chi connectivity index (χ0) is 11.1. The summed E-state index contributed by atoms with van der Waals surface area (Å²) >= 11 is 0. The van der Waals surface area contributed by atoms with Crippen molar-refractivity contribution >= 4 is 5.97 Å². The predicted molar refractivity (Wildman–Crippen MR) is 60.3 cm³/mol. The Morgan fingerprint density at radius 3 is 3.06 bits per heavy atom. The molecule has 16 heavy (non-hydrogen) atoms. The van der Waals surface area contributed by atoms with E-state index in [1.54, 1.807) is 0 Å². The third-order valence-corrected chi connectivity index (χ3v) is 2.97. The van der Waals surface area contributed by atoms with E-state index in [2.05, 4.69) is 10.6 Å². The summed E-state index contributed by atoms with van der Waals surface area (Å²) in [7, 11) is 1.40. The summed E-state index contributed by atoms with van der Waals surface area (Å²) in [5.41, 5.74) is 4.22. The second kappa shape index (κ2) is 3.23. The monoisotopic (exact) mass is 213 g/mol. The van der Waals surface area contributed by atoms with E-state index in [0.717, 1.165) is 6.54 Å². The number of benzene rings is 1. The summed E-state index contributed by atoms with van der Waals surface area (Å²) in [6.07, 6.45) is 2.05. The second-order valence-electron chi connectivity index (χ2n) is 3.88. The molecule has 0 spiro atoms. The fourth-order valence-corrected chi connectivity index (χ4v) is 2.20. The molecule has 0 aliphatic carbocycles. The topological polar surface area (TPSA) is 31.2 Å². The molecular formula is C13H11NO2. The standard InChI is InChI=1S/C13H11NO2/c1-16-13(15)9-4-5-11-10(7-9)8-14-6-2-3-12(11)14/h2-7H,8H2,1H3. The number of hydrogen-bond donors (Lipinski definition) is 0. The molecule has 2 heterocycles. The van der Waals surface area contributed by atoms with Gasteiger partial charge in [0.25, 0.3) is 0 Å². The minimum atomic E-state index is -0.278. The Bertz CT molecular complexity index is 569. The lowest BCUT2D eigenvalue weighted by molar-refractivity contribution is 0.0600. The van der Waals surface area contributed by atoms with Crippen molar-refractivity contribution in [1.82, 2.24) is 4.57 Å². The minimum absolute atomic E-state index is 0.278. The summed E-state index contributed by atoms with van der Waals surface area (Å²) in [6.45, 7) is 0.836. The van der Waals surface area contributed by atoms with Gasteiger partial charge < -0.3 is 9.30 Å². The maximum absolute atomic E-state index is 11.4. The van der Waals surface area contributed by atoms with Crippen LogP contribution in [0.1, 0.15) is 15.9 Å². The van der Waals surface area contributed by atoms with Gasteiger partial charge in [0, 0.05) is 24.0 Å². The van der Waals surface area contributed by atoms with E-state index in [0.29, 0.717) is 5.56 Å². The average Bonchev–Trinajstić information content (AvgIpc) is 2.86. The molecule has 0 saturated carbocycles. The third kappa shape index (κ3) is 1.18. The highest BCUT2D eigenvalue weighted by atomic mass is 16.5. The zero-order valence-electron chi connectivity index (χ0n) is 8.93. The largest absolute Gasteiger partial charge is 0.465 e. The molecule has 0 amide bonds. The van der Waals surface area contributed by atoms with Crippen LogP contribution in [-0.2, 0) is 11.3 Å². The highest BCUT2D eigenvalue weighted by Crippen LogP contribution is 2.32. The predicted octanol–water partition coefficient (Wildman–Crippen LogP) is 2.30. The van der Waals surface area contributed by atoms with E-state index >= 15 is 0 Å². The normalized spacial score (nSPS) is 12.1. The molecule has 1 aliphatic rings. The smallest absolute Gasteiger partial charge is 0.337 e. The van der Waals surface area contributed by atoms with Crippen molar-refractivity contribution in [2.75, 3.05) is 7.11 Å². The summed E-state index contributed by atoms with van der Waals surface area (Å²) in [5, 5.41) is 0. The molecule has 3 nitrogen and oxygen atoms in total. The van der Waals surface area contributed by atoms with Crippen LogP contribution < -0.4 is 0 Å². The van der Waals surface area contributed by atoms with Crippen molar-refractivity contribution in [3.05, 3.63) is 47.7 Å². The van der Waals surface area contributed by atoms with Crippen LogP contribution in [0.25, 0.3) is 11.3 Å². The van der Waals surface area contributed by atoms with Gasteiger partial charge in [-0.15, -0.1) is 0 Å². The summed E-state index contributed by atoms with van der Waals surface area (Å²) < 4.78 is 6.88. The molecule has 0 unspecified atom stereocenters. The number of carbonyl (C=O) groups excluding carboxylic acids is 1. The van der Waals surface area contributed by atoms with Crippen molar-refractivity contribution in [1.29, 1.82) is 0 Å². The van der Waals surface area contributed by atoms with Gasteiger partial charge in [-0.3, -0.25) is 0 Å². The van der Waals surface area contributed by atoms with Crippen molar-refractivity contribution in [2.24, 2.45) is 0 Å².